The molecule has 0 aliphatic carbocycles. The average molecular weight is 409 g/mol. The van der Waals surface area contributed by atoms with Crippen molar-refractivity contribution in [1.29, 1.82) is 0 Å². The maximum absolute atomic E-state index is 12.7. The van der Waals surface area contributed by atoms with Crippen LogP contribution in [0.15, 0.2) is 22.3 Å². The molecule has 0 aromatic carbocycles. The van der Waals surface area contributed by atoms with Crippen LogP contribution in [0.5, 0.6) is 0 Å². The number of H-pyrrole nitrogens is 1. The SMILES string of the molecule is CS(=O)(=O)N1CCc2nc([C@@H]3CCCCN3Cc3cccs3)[nH]c(=O)c2C1. The Morgan fingerprint density at radius 1 is 1.33 bits per heavy atom. The molecule has 1 saturated heterocycles. The molecule has 9 heteroatoms. The van der Waals surface area contributed by atoms with Gasteiger partial charge in [0.15, 0.2) is 0 Å². The Labute approximate surface area is 163 Å². The molecule has 0 saturated carbocycles. The fraction of sp³-hybridized carbons (Fsp3) is 0.556. The molecule has 0 radical (unpaired) electrons. The summed E-state index contributed by atoms with van der Waals surface area (Å²) in [5.41, 5.74) is 1.02. The normalized spacial score (nSPS) is 21.9. The summed E-state index contributed by atoms with van der Waals surface area (Å²) in [5.74, 6) is 0.725. The molecular weight excluding hydrogens is 384 g/mol. The van der Waals surface area contributed by atoms with Crippen molar-refractivity contribution in [3.63, 3.8) is 0 Å². The van der Waals surface area contributed by atoms with Crippen LogP contribution in [0, 0.1) is 0 Å². The molecule has 146 valence electrons. The number of aromatic nitrogens is 2. The predicted molar refractivity (Wildman–Crippen MR) is 105 cm³/mol. The Balaban J connectivity index is 1.62. The fourth-order valence-corrected chi connectivity index (χ4v) is 5.47. The fourth-order valence-electron chi connectivity index (χ4n) is 3.95. The second-order valence-electron chi connectivity index (χ2n) is 7.28. The summed E-state index contributed by atoms with van der Waals surface area (Å²) in [7, 11) is -3.31. The Hall–Kier alpha value is -1.55. The first-order chi connectivity index (χ1) is 12.9. The number of sulfonamides is 1. The number of aromatic amines is 1. The van der Waals surface area contributed by atoms with E-state index in [1.807, 2.05) is 0 Å². The number of fused-ring (bicyclic) bond motifs is 1. The van der Waals surface area contributed by atoms with Crippen LogP contribution in [0.2, 0.25) is 0 Å². The first kappa shape index (κ1) is 18.8. The van der Waals surface area contributed by atoms with Gasteiger partial charge in [-0.05, 0) is 30.8 Å². The van der Waals surface area contributed by atoms with Gasteiger partial charge in [-0.15, -0.1) is 11.3 Å². The van der Waals surface area contributed by atoms with Crippen LogP contribution in [-0.2, 0) is 29.5 Å². The molecule has 0 unspecified atom stereocenters. The van der Waals surface area contributed by atoms with E-state index < -0.39 is 10.0 Å². The van der Waals surface area contributed by atoms with E-state index in [-0.39, 0.29) is 18.1 Å². The Kier molecular flexibility index (Phi) is 5.19. The third-order valence-corrected chi connectivity index (χ3v) is 7.50. The van der Waals surface area contributed by atoms with E-state index in [0.717, 1.165) is 43.9 Å². The molecule has 0 amide bonds. The van der Waals surface area contributed by atoms with Gasteiger partial charge in [-0.1, -0.05) is 12.5 Å². The monoisotopic (exact) mass is 408 g/mol. The van der Waals surface area contributed by atoms with E-state index in [2.05, 4.69) is 27.4 Å². The van der Waals surface area contributed by atoms with Gasteiger partial charge in [0.1, 0.15) is 5.82 Å². The van der Waals surface area contributed by atoms with Crippen LogP contribution in [-0.4, -0.2) is 46.9 Å². The average Bonchev–Trinajstić information content (AvgIpc) is 3.14. The standard InChI is InChI=1S/C18H24N4O3S2/c1-27(24,25)22-9-7-15-14(12-22)18(23)20-17(19-15)16-6-2-3-8-21(16)11-13-5-4-10-26-13/h4-5,10,16H,2-3,6-9,11-12H2,1H3,(H,19,20,23)/t16-/m0/s1. The quantitative estimate of drug-likeness (QED) is 0.835. The summed E-state index contributed by atoms with van der Waals surface area (Å²) in [6.07, 6.45) is 4.91. The van der Waals surface area contributed by atoms with E-state index >= 15 is 0 Å². The maximum atomic E-state index is 12.7. The van der Waals surface area contributed by atoms with E-state index in [9.17, 15) is 13.2 Å². The van der Waals surface area contributed by atoms with Crippen LogP contribution in [0.25, 0.3) is 0 Å². The number of hydrogen-bond acceptors (Lipinski definition) is 6. The summed E-state index contributed by atoms with van der Waals surface area (Å²) in [5, 5.41) is 2.08. The molecule has 2 aromatic rings. The largest absolute Gasteiger partial charge is 0.309 e. The zero-order chi connectivity index (χ0) is 19.0. The van der Waals surface area contributed by atoms with Crippen molar-refractivity contribution < 1.29 is 8.42 Å². The highest BCUT2D eigenvalue weighted by molar-refractivity contribution is 7.88. The minimum absolute atomic E-state index is 0.104. The third kappa shape index (κ3) is 4.01. The number of thiophene rings is 1. The van der Waals surface area contributed by atoms with Gasteiger partial charge in [0.25, 0.3) is 5.56 Å². The smallest absolute Gasteiger partial charge is 0.255 e. The first-order valence-corrected chi connectivity index (χ1v) is 12.0. The van der Waals surface area contributed by atoms with Gasteiger partial charge in [0.2, 0.25) is 10.0 Å². The van der Waals surface area contributed by atoms with E-state index in [0.29, 0.717) is 18.5 Å². The summed E-state index contributed by atoms with van der Waals surface area (Å²) in [4.78, 5) is 24.1. The Morgan fingerprint density at radius 2 is 2.19 bits per heavy atom. The topological polar surface area (TPSA) is 86.4 Å². The minimum atomic E-state index is -3.31. The Bertz CT molecular complexity index is 969. The van der Waals surface area contributed by atoms with E-state index in [1.54, 1.807) is 11.3 Å². The highest BCUT2D eigenvalue weighted by Crippen LogP contribution is 2.31. The molecule has 0 spiro atoms. The van der Waals surface area contributed by atoms with Crippen LogP contribution >= 0.6 is 11.3 Å². The summed E-state index contributed by atoms with van der Waals surface area (Å²) in [6, 6.07) is 4.30. The van der Waals surface area contributed by atoms with Crippen LogP contribution in [0.1, 0.15) is 47.3 Å². The van der Waals surface area contributed by atoms with Crippen molar-refractivity contribution in [1.82, 2.24) is 19.2 Å². The van der Waals surface area contributed by atoms with Crippen molar-refractivity contribution in [2.24, 2.45) is 0 Å². The number of nitrogens with zero attached hydrogens (tertiary/aromatic N) is 3. The predicted octanol–water partition coefficient (Wildman–Crippen LogP) is 1.88. The second kappa shape index (κ2) is 7.46. The lowest BCUT2D eigenvalue weighted by molar-refractivity contribution is 0.134. The number of piperidine rings is 1. The molecule has 1 N–H and O–H groups in total. The summed E-state index contributed by atoms with van der Waals surface area (Å²) in [6.45, 7) is 2.35. The van der Waals surface area contributed by atoms with Crippen LogP contribution < -0.4 is 5.56 Å². The molecule has 0 bridgehead atoms. The van der Waals surface area contributed by atoms with Crippen molar-refractivity contribution in [3.8, 4) is 0 Å². The van der Waals surface area contributed by atoms with Gasteiger partial charge < -0.3 is 4.98 Å². The van der Waals surface area contributed by atoms with Gasteiger partial charge in [0, 0.05) is 30.9 Å². The highest BCUT2D eigenvalue weighted by Gasteiger charge is 2.30. The molecule has 1 fully saturated rings. The molecule has 4 rings (SSSR count). The zero-order valence-electron chi connectivity index (χ0n) is 15.3. The molecular formula is C18H24N4O3S2. The molecule has 7 nitrogen and oxygen atoms in total. The number of nitrogens with one attached hydrogen (secondary N) is 1. The van der Waals surface area contributed by atoms with Gasteiger partial charge >= 0.3 is 0 Å². The summed E-state index contributed by atoms with van der Waals surface area (Å²) < 4.78 is 25.0. The molecule has 2 aliphatic heterocycles. The van der Waals surface area contributed by atoms with Gasteiger partial charge in [-0.25, -0.2) is 13.4 Å². The molecule has 1 atom stereocenters. The molecule has 2 aliphatic rings. The molecule has 2 aromatic heterocycles. The van der Waals surface area contributed by atoms with E-state index in [4.69, 9.17) is 4.98 Å². The maximum Gasteiger partial charge on any atom is 0.255 e. The first-order valence-electron chi connectivity index (χ1n) is 9.25. The molecule has 4 heterocycles. The van der Waals surface area contributed by atoms with Crippen molar-refractivity contribution >= 4 is 21.4 Å². The number of likely N-dealkylation sites (tertiary alicyclic amines) is 1. The van der Waals surface area contributed by atoms with Crippen molar-refractivity contribution in [2.45, 2.75) is 44.8 Å². The third-order valence-electron chi connectivity index (χ3n) is 5.39. The van der Waals surface area contributed by atoms with Crippen LogP contribution in [0.3, 0.4) is 0 Å². The summed E-state index contributed by atoms with van der Waals surface area (Å²) >= 11 is 1.75. The van der Waals surface area contributed by atoms with Gasteiger partial charge in [-0.2, -0.15) is 4.31 Å². The number of rotatable bonds is 4. The number of hydrogen-bond donors (Lipinski definition) is 1. The minimum Gasteiger partial charge on any atom is -0.309 e. The van der Waals surface area contributed by atoms with E-state index in [1.165, 1.54) is 15.4 Å². The van der Waals surface area contributed by atoms with Gasteiger partial charge in [-0.3, -0.25) is 9.69 Å². The highest BCUT2D eigenvalue weighted by atomic mass is 32.2. The zero-order valence-corrected chi connectivity index (χ0v) is 17.0. The lowest BCUT2D eigenvalue weighted by Gasteiger charge is -2.35. The van der Waals surface area contributed by atoms with Crippen molar-refractivity contribution in [2.75, 3.05) is 19.3 Å². The van der Waals surface area contributed by atoms with Crippen LogP contribution in [0.4, 0.5) is 0 Å². The molecule has 27 heavy (non-hydrogen) atoms. The Morgan fingerprint density at radius 3 is 2.93 bits per heavy atom. The van der Waals surface area contributed by atoms with Gasteiger partial charge in [0.05, 0.1) is 23.6 Å². The van der Waals surface area contributed by atoms with Crippen molar-refractivity contribution in [3.05, 3.63) is 49.8 Å². The second-order valence-corrected chi connectivity index (χ2v) is 10.3. The lowest BCUT2D eigenvalue weighted by atomic mass is 10.0. The lowest BCUT2D eigenvalue weighted by Crippen LogP contribution is -2.40.